The largest absolute Gasteiger partial charge is 0.412 e. The zero-order valence-corrected chi connectivity index (χ0v) is 14.8. The lowest BCUT2D eigenvalue weighted by atomic mass is 10.2. The fraction of sp³-hybridized carbons (Fsp3) is 0.222. The Hall–Kier alpha value is -2.71. The first kappa shape index (κ1) is 16.7. The standard InChI is InChI=1S/C18H18N4O3S/c19-17(23)25-18-20-13-6-5-12(11-14(13)21-18)26-16-4-2-1-3-15(16)22-7-9-24-10-8-22/h1-6,11H,7-10H2,(H2,19,23)(H,20,21). The van der Waals surface area contributed by atoms with Crippen LogP contribution in [0.2, 0.25) is 0 Å². The summed E-state index contributed by atoms with van der Waals surface area (Å²) in [7, 11) is 0. The number of amides is 1. The number of benzene rings is 2. The minimum atomic E-state index is -0.891. The fourth-order valence-electron chi connectivity index (χ4n) is 2.91. The number of nitrogens with zero attached hydrogens (tertiary/aromatic N) is 2. The number of ether oxygens (including phenoxy) is 2. The second kappa shape index (κ2) is 7.27. The molecule has 1 aromatic heterocycles. The van der Waals surface area contributed by atoms with Gasteiger partial charge in [0.1, 0.15) is 0 Å². The highest BCUT2D eigenvalue weighted by Crippen LogP contribution is 2.36. The van der Waals surface area contributed by atoms with Gasteiger partial charge in [-0.15, -0.1) is 0 Å². The van der Waals surface area contributed by atoms with Gasteiger partial charge in [-0.25, -0.2) is 4.79 Å². The molecule has 7 nitrogen and oxygen atoms in total. The summed E-state index contributed by atoms with van der Waals surface area (Å²) in [6.45, 7) is 3.29. The molecule has 0 saturated carbocycles. The SMILES string of the molecule is NC(=O)Oc1nc2cc(Sc3ccccc3N3CCOCC3)ccc2[nH]1. The van der Waals surface area contributed by atoms with E-state index in [9.17, 15) is 4.79 Å². The van der Waals surface area contributed by atoms with E-state index in [1.165, 1.54) is 10.6 Å². The molecule has 0 spiro atoms. The molecule has 0 radical (unpaired) electrons. The Labute approximate surface area is 154 Å². The Kier molecular flexibility index (Phi) is 4.68. The summed E-state index contributed by atoms with van der Waals surface area (Å²) >= 11 is 1.68. The van der Waals surface area contributed by atoms with Crippen LogP contribution in [0, 0.1) is 0 Å². The number of aromatic nitrogens is 2. The number of carbonyl (C=O) groups excluding carboxylic acids is 1. The molecule has 1 aliphatic rings. The van der Waals surface area contributed by atoms with Crippen molar-refractivity contribution in [3.05, 3.63) is 42.5 Å². The zero-order chi connectivity index (χ0) is 17.9. The average Bonchev–Trinajstić information content (AvgIpc) is 3.03. The Morgan fingerprint density at radius 3 is 2.85 bits per heavy atom. The number of morpholine rings is 1. The summed E-state index contributed by atoms with van der Waals surface area (Å²) < 4.78 is 10.3. The summed E-state index contributed by atoms with van der Waals surface area (Å²) in [6, 6.07) is 14.3. The first-order valence-electron chi connectivity index (χ1n) is 8.26. The van der Waals surface area contributed by atoms with E-state index in [0.717, 1.165) is 42.2 Å². The number of para-hydroxylation sites is 1. The monoisotopic (exact) mass is 370 g/mol. The van der Waals surface area contributed by atoms with Gasteiger partial charge >= 0.3 is 12.1 Å². The molecule has 0 atom stereocenters. The number of aromatic amines is 1. The van der Waals surface area contributed by atoms with Gasteiger partial charge in [0.05, 0.1) is 29.9 Å². The van der Waals surface area contributed by atoms with E-state index in [1.54, 1.807) is 11.8 Å². The normalized spacial score (nSPS) is 14.5. The number of hydrogen-bond acceptors (Lipinski definition) is 6. The molecular weight excluding hydrogens is 352 g/mol. The number of imidazole rings is 1. The molecule has 1 amide bonds. The van der Waals surface area contributed by atoms with Crippen LogP contribution < -0.4 is 15.4 Å². The fourth-order valence-corrected chi connectivity index (χ4v) is 3.91. The molecule has 2 aromatic carbocycles. The molecule has 3 aromatic rings. The van der Waals surface area contributed by atoms with E-state index in [1.807, 2.05) is 24.3 Å². The van der Waals surface area contributed by atoms with Crippen molar-refractivity contribution in [3.63, 3.8) is 0 Å². The van der Waals surface area contributed by atoms with E-state index in [2.05, 4.69) is 33.1 Å². The topological polar surface area (TPSA) is 93.5 Å². The van der Waals surface area contributed by atoms with Crippen LogP contribution in [0.5, 0.6) is 6.01 Å². The third kappa shape index (κ3) is 3.61. The van der Waals surface area contributed by atoms with Gasteiger partial charge in [-0.2, -0.15) is 4.98 Å². The van der Waals surface area contributed by atoms with Crippen molar-refractivity contribution in [2.24, 2.45) is 5.73 Å². The second-order valence-corrected chi connectivity index (χ2v) is 6.93. The molecule has 134 valence electrons. The van der Waals surface area contributed by atoms with Crippen LogP contribution in [0.15, 0.2) is 52.3 Å². The number of fused-ring (bicyclic) bond motifs is 1. The number of H-pyrrole nitrogens is 1. The lowest BCUT2D eigenvalue weighted by Gasteiger charge is -2.30. The van der Waals surface area contributed by atoms with Gasteiger partial charge in [0, 0.05) is 22.9 Å². The van der Waals surface area contributed by atoms with Crippen molar-refractivity contribution in [1.29, 1.82) is 0 Å². The van der Waals surface area contributed by atoms with Gasteiger partial charge in [-0.05, 0) is 30.3 Å². The summed E-state index contributed by atoms with van der Waals surface area (Å²) in [5, 5.41) is 0. The number of nitrogens with two attached hydrogens (primary N) is 1. The van der Waals surface area contributed by atoms with Crippen molar-refractivity contribution >= 4 is 34.6 Å². The van der Waals surface area contributed by atoms with Gasteiger partial charge in [0.15, 0.2) is 0 Å². The molecule has 3 N–H and O–H groups in total. The molecule has 26 heavy (non-hydrogen) atoms. The highest BCUT2D eigenvalue weighted by molar-refractivity contribution is 7.99. The van der Waals surface area contributed by atoms with Crippen LogP contribution in [0.3, 0.4) is 0 Å². The number of nitrogens with one attached hydrogen (secondary N) is 1. The molecule has 0 unspecified atom stereocenters. The third-order valence-electron chi connectivity index (χ3n) is 4.07. The minimum Gasteiger partial charge on any atom is -0.378 e. The lowest BCUT2D eigenvalue weighted by Crippen LogP contribution is -2.36. The first-order chi connectivity index (χ1) is 12.7. The Morgan fingerprint density at radius 2 is 2.04 bits per heavy atom. The van der Waals surface area contributed by atoms with Crippen LogP contribution in [-0.2, 0) is 4.74 Å². The minimum absolute atomic E-state index is 0.100. The predicted octanol–water partition coefficient (Wildman–Crippen LogP) is 3.01. The lowest BCUT2D eigenvalue weighted by molar-refractivity contribution is 0.122. The van der Waals surface area contributed by atoms with Crippen molar-refractivity contribution in [3.8, 4) is 6.01 Å². The molecule has 1 fully saturated rings. The van der Waals surface area contributed by atoms with Crippen LogP contribution in [0.1, 0.15) is 0 Å². The van der Waals surface area contributed by atoms with E-state index in [-0.39, 0.29) is 6.01 Å². The van der Waals surface area contributed by atoms with Crippen molar-refractivity contribution in [2.75, 3.05) is 31.2 Å². The highest BCUT2D eigenvalue weighted by Gasteiger charge is 2.15. The van der Waals surface area contributed by atoms with E-state index in [0.29, 0.717) is 0 Å². The van der Waals surface area contributed by atoms with E-state index < -0.39 is 6.09 Å². The maximum atomic E-state index is 10.9. The Balaban J connectivity index is 1.60. The Bertz CT molecular complexity index is 937. The molecule has 8 heteroatoms. The average molecular weight is 370 g/mol. The van der Waals surface area contributed by atoms with Crippen molar-refractivity contribution in [1.82, 2.24) is 9.97 Å². The van der Waals surface area contributed by atoms with Crippen LogP contribution >= 0.6 is 11.8 Å². The molecule has 0 bridgehead atoms. The molecule has 2 heterocycles. The van der Waals surface area contributed by atoms with Crippen LogP contribution in [-0.4, -0.2) is 42.4 Å². The molecule has 1 aliphatic heterocycles. The van der Waals surface area contributed by atoms with Crippen molar-refractivity contribution < 1.29 is 14.3 Å². The first-order valence-corrected chi connectivity index (χ1v) is 9.07. The predicted molar refractivity (Wildman–Crippen MR) is 99.9 cm³/mol. The number of primary amides is 1. The summed E-state index contributed by atoms with van der Waals surface area (Å²) in [4.78, 5) is 22.6. The number of hydrogen-bond donors (Lipinski definition) is 2. The summed E-state index contributed by atoms with van der Waals surface area (Å²) in [5.74, 6) is 0. The highest BCUT2D eigenvalue weighted by atomic mass is 32.2. The summed E-state index contributed by atoms with van der Waals surface area (Å²) in [6.07, 6.45) is -0.891. The second-order valence-electron chi connectivity index (χ2n) is 5.81. The molecular formula is C18H18N4O3S. The molecule has 0 aliphatic carbocycles. The quantitative estimate of drug-likeness (QED) is 0.733. The van der Waals surface area contributed by atoms with E-state index in [4.69, 9.17) is 15.2 Å². The van der Waals surface area contributed by atoms with Gasteiger partial charge in [-0.3, -0.25) is 0 Å². The van der Waals surface area contributed by atoms with Crippen molar-refractivity contribution in [2.45, 2.75) is 9.79 Å². The summed E-state index contributed by atoms with van der Waals surface area (Å²) in [5.41, 5.74) is 7.74. The van der Waals surface area contributed by atoms with E-state index >= 15 is 0 Å². The van der Waals surface area contributed by atoms with Gasteiger partial charge in [0.2, 0.25) is 0 Å². The number of rotatable bonds is 4. The van der Waals surface area contributed by atoms with Gasteiger partial charge < -0.3 is 25.1 Å². The maximum absolute atomic E-state index is 10.9. The Morgan fingerprint density at radius 1 is 1.23 bits per heavy atom. The van der Waals surface area contributed by atoms with Crippen LogP contribution in [0.4, 0.5) is 10.5 Å². The number of carbonyl (C=O) groups is 1. The van der Waals surface area contributed by atoms with Gasteiger partial charge in [-0.1, -0.05) is 23.9 Å². The smallest absolute Gasteiger partial charge is 0.378 e. The molecule has 4 rings (SSSR count). The maximum Gasteiger partial charge on any atom is 0.412 e. The number of anilines is 1. The zero-order valence-electron chi connectivity index (χ0n) is 14.0. The third-order valence-corrected chi connectivity index (χ3v) is 5.13. The van der Waals surface area contributed by atoms with Crippen LogP contribution in [0.25, 0.3) is 11.0 Å². The van der Waals surface area contributed by atoms with Gasteiger partial charge in [0.25, 0.3) is 0 Å². The molecule has 1 saturated heterocycles.